The number of alkyl halides is 2. The Balaban J connectivity index is 1.80. The molecule has 1 N–H and O–H groups in total. The summed E-state index contributed by atoms with van der Waals surface area (Å²) in [6, 6.07) is 7.51. The van der Waals surface area contributed by atoms with E-state index in [1.807, 2.05) is 24.3 Å². The summed E-state index contributed by atoms with van der Waals surface area (Å²) in [5, 5.41) is 7.31. The Kier molecular flexibility index (Phi) is 5.37. The Labute approximate surface area is 150 Å². The maximum absolute atomic E-state index is 13.1. The van der Waals surface area contributed by atoms with Crippen molar-refractivity contribution in [2.75, 3.05) is 0 Å². The molecular formula is C18H20ClF2N3O. The van der Waals surface area contributed by atoms with E-state index in [0.29, 0.717) is 5.02 Å². The summed E-state index contributed by atoms with van der Waals surface area (Å²) in [7, 11) is 1.53. The molecule has 0 radical (unpaired) electrons. The first kappa shape index (κ1) is 17.9. The number of carbonyl (C=O) groups excluding carboxylic acids is 1. The fourth-order valence-corrected chi connectivity index (χ4v) is 3.63. The number of aryl methyl sites for hydroxylation is 1. The first-order chi connectivity index (χ1) is 12.0. The van der Waals surface area contributed by atoms with Crippen molar-refractivity contribution in [2.45, 2.75) is 44.1 Å². The zero-order valence-electron chi connectivity index (χ0n) is 13.9. The summed E-state index contributed by atoms with van der Waals surface area (Å²) in [6.07, 6.45) is 2.42. The van der Waals surface area contributed by atoms with Gasteiger partial charge in [-0.05, 0) is 30.5 Å². The molecule has 2 aromatic rings. The van der Waals surface area contributed by atoms with Crippen LogP contribution in [0, 0.1) is 0 Å². The van der Waals surface area contributed by atoms with Crippen LogP contribution in [0.25, 0.3) is 0 Å². The van der Waals surface area contributed by atoms with E-state index in [1.165, 1.54) is 17.9 Å². The molecule has 0 spiro atoms. The monoisotopic (exact) mass is 367 g/mol. The molecular weight excluding hydrogens is 348 g/mol. The Hall–Kier alpha value is -1.95. The van der Waals surface area contributed by atoms with Crippen molar-refractivity contribution < 1.29 is 13.6 Å². The van der Waals surface area contributed by atoms with Crippen LogP contribution < -0.4 is 5.32 Å². The molecule has 4 nitrogen and oxygen atoms in total. The van der Waals surface area contributed by atoms with Crippen LogP contribution in [0.5, 0.6) is 0 Å². The van der Waals surface area contributed by atoms with Crippen LogP contribution >= 0.6 is 11.6 Å². The largest absolute Gasteiger partial charge is 0.349 e. The zero-order chi connectivity index (χ0) is 18.0. The number of hydrogen-bond donors (Lipinski definition) is 1. The predicted molar refractivity (Wildman–Crippen MR) is 92.1 cm³/mol. The van der Waals surface area contributed by atoms with Crippen molar-refractivity contribution in [2.24, 2.45) is 7.05 Å². The van der Waals surface area contributed by atoms with Gasteiger partial charge in [-0.1, -0.05) is 36.6 Å². The lowest BCUT2D eigenvalue weighted by Gasteiger charge is -2.32. The second-order valence-electron chi connectivity index (χ2n) is 6.42. The smallest absolute Gasteiger partial charge is 0.282 e. The van der Waals surface area contributed by atoms with E-state index in [1.54, 1.807) is 0 Å². The lowest BCUT2D eigenvalue weighted by Crippen LogP contribution is -2.41. The van der Waals surface area contributed by atoms with Gasteiger partial charge in [-0.15, -0.1) is 0 Å². The lowest BCUT2D eigenvalue weighted by atomic mass is 9.80. The summed E-state index contributed by atoms with van der Waals surface area (Å²) in [5.74, 6) is -0.337. The number of rotatable bonds is 4. The van der Waals surface area contributed by atoms with Gasteiger partial charge < -0.3 is 5.32 Å². The molecule has 1 saturated carbocycles. The van der Waals surface area contributed by atoms with Gasteiger partial charge in [0, 0.05) is 30.2 Å². The third-order valence-electron chi connectivity index (χ3n) is 4.69. The van der Waals surface area contributed by atoms with Gasteiger partial charge in [0.25, 0.3) is 12.3 Å². The van der Waals surface area contributed by atoms with Gasteiger partial charge >= 0.3 is 0 Å². The molecule has 1 aromatic heterocycles. The zero-order valence-corrected chi connectivity index (χ0v) is 14.6. The molecule has 1 heterocycles. The SMILES string of the molecule is Cn1cc(C(=O)N[C@@H]2CCCC[C@@H]2c2ccc(Cl)cc2)c(C(F)F)n1. The Bertz CT molecular complexity index is 745. The van der Waals surface area contributed by atoms with Crippen molar-refractivity contribution in [3.63, 3.8) is 0 Å². The molecule has 1 fully saturated rings. The summed E-state index contributed by atoms with van der Waals surface area (Å²) >= 11 is 5.95. The summed E-state index contributed by atoms with van der Waals surface area (Å²) in [5.41, 5.74) is 0.575. The van der Waals surface area contributed by atoms with E-state index in [9.17, 15) is 13.6 Å². The maximum atomic E-state index is 13.1. The standard InChI is InChI=1S/C18H20ClF2N3O/c1-24-10-14(16(23-24)17(20)21)18(25)22-15-5-3-2-4-13(15)11-6-8-12(19)9-7-11/h6-10,13,15,17H,2-5H2,1H3,(H,22,25)/t13-,15-/m1/s1. The van der Waals surface area contributed by atoms with Crippen LogP contribution in [0.15, 0.2) is 30.5 Å². The molecule has 1 amide bonds. The van der Waals surface area contributed by atoms with Gasteiger partial charge in [-0.3, -0.25) is 9.48 Å². The van der Waals surface area contributed by atoms with Crippen LogP contribution in [0.3, 0.4) is 0 Å². The molecule has 7 heteroatoms. The predicted octanol–water partition coefficient (Wildman–Crippen LogP) is 4.47. The highest BCUT2D eigenvalue weighted by atomic mass is 35.5. The topological polar surface area (TPSA) is 46.9 Å². The maximum Gasteiger partial charge on any atom is 0.282 e. The van der Waals surface area contributed by atoms with Crippen molar-refractivity contribution in [1.29, 1.82) is 0 Å². The third kappa shape index (κ3) is 4.00. The number of amides is 1. The number of hydrogen-bond acceptors (Lipinski definition) is 2. The number of carbonyl (C=O) groups is 1. The van der Waals surface area contributed by atoms with E-state index in [2.05, 4.69) is 10.4 Å². The van der Waals surface area contributed by atoms with Gasteiger partial charge in [0.15, 0.2) is 0 Å². The molecule has 0 saturated heterocycles. The van der Waals surface area contributed by atoms with E-state index in [0.717, 1.165) is 31.2 Å². The second-order valence-corrected chi connectivity index (χ2v) is 6.86. The summed E-state index contributed by atoms with van der Waals surface area (Å²) < 4.78 is 27.4. The quantitative estimate of drug-likeness (QED) is 0.866. The Morgan fingerprint density at radius 3 is 2.64 bits per heavy atom. The second kappa shape index (κ2) is 7.52. The number of nitrogens with zero attached hydrogens (tertiary/aromatic N) is 2. The Morgan fingerprint density at radius 1 is 1.28 bits per heavy atom. The minimum Gasteiger partial charge on any atom is -0.349 e. The molecule has 0 unspecified atom stereocenters. The molecule has 25 heavy (non-hydrogen) atoms. The van der Waals surface area contributed by atoms with Crippen LogP contribution in [-0.4, -0.2) is 21.7 Å². The highest BCUT2D eigenvalue weighted by molar-refractivity contribution is 6.30. The van der Waals surface area contributed by atoms with Gasteiger partial charge in [0.05, 0.1) is 5.56 Å². The van der Waals surface area contributed by atoms with Crippen LogP contribution in [0.4, 0.5) is 8.78 Å². The first-order valence-corrected chi connectivity index (χ1v) is 8.71. The van der Waals surface area contributed by atoms with Crippen molar-refractivity contribution >= 4 is 17.5 Å². The van der Waals surface area contributed by atoms with Gasteiger partial charge in [-0.2, -0.15) is 5.10 Å². The molecule has 2 atom stereocenters. The average molecular weight is 368 g/mol. The summed E-state index contributed by atoms with van der Waals surface area (Å²) in [6.45, 7) is 0. The molecule has 1 aliphatic carbocycles. The van der Waals surface area contributed by atoms with Crippen LogP contribution in [0.1, 0.15) is 59.6 Å². The fraction of sp³-hybridized carbons (Fsp3) is 0.444. The minimum absolute atomic E-state index is 0.0575. The van der Waals surface area contributed by atoms with Crippen molar-refractivity contribution in [1.82, 2.24) is 15.1 Å². The van der Waals surface area contributed by atoms with E-state index in [-0.39, 0.29) is 17.5 Å². The van der Waals surface area contributed by atoms with E-state index < -0.39 is 18.0 Å². The highest BCUT2D eigenvalue weighted by Gasteiger charge is 2.30. The number of nitrogens with one attached hydrogen (secondary N) is 1. The van der Waals surface area contributed by atoms with Gasteiger partial charge in [-0.25, -0.2) is 8.78 Å². The third-order valence-corrected chi connectivity index (χ3v) is 4.94. The molecule has 0 bridgehead atoms. The van der Waals surface area contributed by atoms with Crippen molar-refractivity contribution in [3.8, 4) is 0 Å². The molecule has 0 aliphatic heterocycles. The molecule has 3 rings (SSSR count). The molecule has 1 aliphatic rings. The molecule has 134 valence electrons. The van der Waals surface area contributed by atoms with Crippen molar-refractivity contribution in [3.05, 3.63) is 52.3 Å². The van der Waals surface area contributed by atoms with Gasteiger partial charge in [0.2, 0.25) is 0 Å². The average Bonchev–Trinajstić information content (AvgIpc) is 2.99. The van der Waals surface area contributed by atoms with Gasteiger partial charge in [0.1, 0.15) is 5.69 Å². The van der Waals surface area contributed by atoms with Crippen LogP contribution in [0.2, 0.25) is 5.02 Å². The first-order valence-electron chi connectivity index (χ1n) is 8.33. The number of halogens is 3. The highest BCUT2D eigenvalue weighted by Crippen LogP contribution is 2.34. The molecule has 1 aromatic carbocycles. The number of benzene rings is 1. The fourth-order valence-electron chi connectivity index (χ4n) is 3.50. The van der Waals surface area contributed by atoms with E-state index in [4.69, 9.17) is 11.6 Å². The van der Waals surface area contributed by atoms with Crippen LogP contribution in [-0.2, 0) is 7.05 Å². The minimum atomic E-state index is -2.78. The van der Waals surface area contributed by atoms with E-state index >= 15 is 0 Å². The number of aromatic nitrogens is 2. The summed E-state index contributed by atoms with van der Waals surface area (Å²) in [4.78, 5) is 12.6. The lowest BCUT2D eigenvalue weighted by molar-refractivity contribution is 0.0906. The normalized spacial score (nSPS) is 20.7. The Morgan fingerprint density at radius 2 is 1.96 bits per heavy atom.